The predicted molar refractivity (Wildman–Crippen MR) is 50.2 cm³/mol. The molecule has 2 rings (SSSR count). The fourth-order valence-electron chi connectivity index (χ4n) is 1.16. The van der Waals surface area contributed by atoms with E-state index in [1.54, 1.807) is 6.20 Å². The average molecular weight is 179 g/mol. The minimum atomic E-state index is 0.330. The highest BCUT2D eigenvalue weighted by Crippen LogP contribution is 2.31. The number of nitrogens with two attached hydrogens (primary N) is 2. The Hall–Kier alpha value is -1.29. The van der Waals surface area contributed by atoms with Gasteiger partial charge in [-0.2, -0.15) is 0 Å². The average Bonchev–Trinajstić information content (AvgIpc) is 2.92. The molecular formula is C9H13N3O. The summed E-state index contributed by atoms with van der Waals surface area (Å²) < 4.78 is 5.61. The van der Waals surface area contributed by atoms with Crippen LogP contribution in [0.25, 0.3) is 0 Å². The van der Waals surface area contributed by atoms with Gasteiger partial charge in [-0.25, -0.2) is 4.98 Å². The van der Waals surface area contributed by atoms with Crippen molar-refractivity contribution in [1.82, 2.24) is 4.98 Å². The maximum Gasteiger partial charge on any atom is 0.166 e. The lowest BCUT2D eigenvalue weighted by Gasteiger charge is -2.10. The Kier molecular flexibility index (Phi) is 2.06. The zero-order valence-electron chi connectivity index (χ0n) is 7.36. The molecule has 1 aliphatic rings. The highest BCUT2D eigenvalue weighted by atomic mass is 16.5. The Morgan fingerprint density at radius 1 is 1.54 bits per heavy atom. The Morgan fingerprint density at radius 3 is 2.92 bits per heavy atom. The van der Waals surface area contributed by atoms with E-state index in [0.29, 0.717) is 24.2 Å². The Labute approximate surface area is 76.9 Å². The van der Waals surface area contributed by atoms with Gasteiger partial charge in [-0.05, 0) is 18.9 Å². The molecule has 0 atom stereocenters. The smallest absolute Gasteiger partial charge is 0.166 e. The molecule has 13 heavy (non-hydrogen) atoms. The fraction of sp³-hybridized carbons (Fsp3) is 0.444. The number of hydrogen-bond acceptors (Lipinski definition) is 4. The molecule has 0 spiro atoms. The zero-order valence-corrected chi connectivity index (χ0v) is 7.36. The summed E-state index contributed by atoms with van der Waals surface area (Å²) in [5.41, 5.74) is 12.2. The third kappa shape index (κ3) is 1.72. The lowest BCUT2D eigenvalue weighted by atomic mass is 10.2. The highest BCUT2D eigenvalue weighted by molar-refractivity contribution is 5.51. The van der Waals surface area contributed by atoms with Crippen molar-refractivity contribution in [3.63, 3.8) is 0 Å². The first kappa shape index (κ1) is 8.31. The molecule has 4 heteroatoms. The van der Waals surface area contributed by atoms with Crippen molar-refractivity contribution in [3.8, 4) is 5.75 Å². The molecule has 0 amide bonds. The topological polar surface area (TPSA) is 74.2 Å². The number of pyridine rings is 1. The van der Waals surface area contributed by atoms with Crippen LogP contribution >= 0.6 is 0 Å². The van der Waals surface area contributed by atoms with Gasteiger partial charge in [0.2, 0.25) is 0 Å². The zero-order chi connectivity index (χ0) is 9.26. The monoisotopic (exact) mass is 179 g/mol. The van der Waals surface area contributed by atoms with Crippen LogP contribution in [0, 0.1) is 0 Å². The van der Waals surface area contributed by atoms with Gasteiger partial charge in [0.15, 0.2) is 11.6 Å². The van der Waals surface area contributed by atoms with Crippen LogP contribution in [-0.4, -0.2) is 11.1 Å². The molecule has 0 bridgehead atoms. The Morgan fingerprint density at radius 2 is 2.31 bits per heavy atom. The predicted octanol–water partition coefficient (Wildman–Crippen LogP) is 0.664. The molecule has 0 aliphatic heterocycles. The summed E-state index contributed by atoms with van der Waals surface area (Å²) in [6, 6.07) is 1.84. The van der Waals surface area contributed by atoms with Crippen molar-refractivity contribution in [3.05, 3.63) is 17.8 Å². The van der Waals surface area contributed by atoms with Crippen molar-refractivity contribution in [2.75, 3.05) is 5.73 Å². The summed E-state index contributed by atoms with van der Waals surface area (Å²) in [7, 11) is 0. The normalized spacial score (nSPS) is 15.8. The first-order valence-corrected chi connectivity index (χ1v) is 4.41. The molecule has 4 N–H and O–H groups in total. The van der Waals surface area contributed by atoms with Crippen LogP contribution in [0.5, 0.6) is 5.75 Å². The van der Waals surface area contributed by atoms with Crippen LogP contribution < -0.4 is 16.2 Å². The molecule has 0 unspecified atom stereocenters. The van der Waals surface area contributed by atoms with Gasteiger partial charge in [0.05, 0.1) is 6.10 Å². The molecule has 0 saturated heterocycles. The van der Waals surface area contributed by atoms with Gasteiger partial charge in [0.1, 0.15) is 0 Å². The van der Waals surface area contributed by atoms with Crippen LogP contribution in [0.1, 0.15) is 18.4 Å². The van der Waals surface area contributed by atoms with E-state index in [9.17, 15) is 0 Å². The highest BCUT2D eigenvalue weighted by Gasteiger charge is 2.25. The SMILES string of the molecule is NCc1ccnc(N)c1OC1CC1. The first-order valence-electron chi connectivity index (χ1n) is 4.41. The third-order valence-electron chi connectivity index (χ3n) is 2.04. The molecule has 1 aliphatic carbocycles. The van der Waals surface area contributed by atoms with Crippen molar-refractivity contribution in [1.29, 1.82) is 0 Å². The summed E-state index contributed by atoms with van der Waals surface area (Å²) in [5, 5.41) is 0. The van der Waals surface area contributed by atoms with Crippen molar-refractivity contribution in [2.24, 2.45) is 5.73 Å². The molecule has 1 saturated carbocycles. The summed E-state index contributed by atoms with van der Waals surface area (Å²) in [4.78, 5) is 3.97. The minimum absolute atomic E-state index is 0.330. The standard InChI is InChI=1S/C9H13N3O/c10-5-6-3-4-12-9(11)8(6)13-7-1-2-7/h3-4,7H,1-2,5,10H2,(H2,11,12). The molecule has 0 radical (unpaired) electrons. The van der Waals surface area contributed by atoms with Gasteiger partial charge in [0, 0.05) is 18.3 Å². The molecule has 1 aromatic rings. The number of nitrogen functional groups attached to an aromatic ring is 1. The second-order valence-electron chi connectivity index (χ2n) is 3.21. The minimum Gasteiger partial charge on any atom is -0.486 e. The quantitative estimate of drug-likeness (QED) is 0.715. The van der Waals surface area contributed by atoms with Crippen LogP contribution in [0.3, 0.4) is 0 Å². The molecule has 1 aromatic heterocycles. The number of nitrogens with zero attached hydrogens (tertiary/aromatic N) is 1. The van der Waals surface area contributed by atoms with Crippen molar-refractivity contribution in [2.45, 2.75) is 25.5 Å². The van der Waals surface area contributed by atoms with Gasteiger partial charge >= 0.3 is 0 Å². The van der Waals surface area contributed by atoms with Gasteiger partial charge in [0.25, 0.3) is 0 Å². The molecule has 70 valence electrons. The number of anilines is 1. The molecule has 0 aromatic carbocycles. The first-order chi connectivity index (χ1) is 6.31. The van der Waals surface area contributed by atoms with E-state index in [1.165, 1.54) is 0 Å². The van der Waals surface area contributed by atoms with Crippen LogP contribution in [0.15, 0.2) is 12.3 Å². The van der Waals surface area contributed by atoms with Crippen molar-refractivity contribution < 1.29 is 4.74 Å². The maximum absolute atomic E-state index is 5.68. The lowest BCUT2D eigenvalue weighted by molar-refractivity contribution is 0.301. The second kappa shape index (κ2) is 3.22. The van der Waals surface area contributed by atoms with E-state index in [2.05, 4.69) is 4.98 Å². The summed E-state index contributed by atoms with van der Waals surface area (Å²) >= 11 is 0. The summed E-state index contributed by atoms with van der Waals surface area (Å²) in [6.07, 6.45) is 4.20. The second-order valence-corrected chi connectivity index (χ2v) is 3.21. The number of rotatable bonds is 3. The Balaban J connectivity index is 2.27. The molecular weight excluding hydrogens is 166 g/mol. The number of ether oxygens (including phenoxy) is 1. The number of hydrogen-bond donors (Lipinski definition) is 2. The van der Waals surface area contributed by atoms with E-state index in [1.807, 2.05) is 6.07 Å². The van der Waals surface area contributed by atoms with Gasteiger partial charge in [-0.3, -0.25) is 0 Å². The van der Waals surface area contributed by atoms with Gasteiger partial charge in [-0.1, -0.05) is 0 Å². The van der Waals surface area contributed by atoms with Gasteiger partial charge < -0.3 is 16.2 Å². The summed E-state index contributed by atoms with van der Waals surface area (Å²) in [6.45, 7) is 0.439. The Bertz CT molecular complexity index is 310. The third-order valence-corrected chi connectivity index (χ3v) is 2.04. The van der Waals surface area contributed by atoms with Crippen molar-refractivity contribution >= 4 is 5.82 Å². The van der Waals surface area contributed by atoms with Gasteiger partial charge in [-0.15, -0.1) is 0 Å². The fourth-order valence-corrected chi connectivity index (χ4v) is 1.16. The molecule has 4 nitrogen and oxygen atoms in total. The molecule has 1 heterocycles. The number of aromatic nitrogens is 1. The van der Waals surface area contributed by atoms with E-state index in [0.717, 1.165) is 18.4 Å². The maximum atomic E-state index is 5.68. The van der Waals surface area contributed by atoms with Crippen LogP contribution in [0.4, 0.5) is 5.82 Å². The van der Waals surface area contributed by atoms with E-state index >= 15 is 0 Å². The van der Waals surface area contributed by atoms with E-state index < -0.39 is 0 Å². The van der Waals surface area contributed by atoms with Crippen LogP contribution in [-0.2, 0) is 6.54 Å². The summed E-state index contributed by atoms with van der Waals surface area (Å²) in [5.74, 6) is 1.11. The largest absolute Gasteiger partial charge is 0.486 e. The van der Waals surface area contributed by atoms with E-state index in [4.69, 9.17) is 16.2 Å². The van der Waals surface area contributed by atoms with E-state index in [-0.39, 0.29) is 0 Å². The van der Waals surface area contributed by atoms with Crippen LogP contribution in [0.2, 0.25) is 0 Å². The molecule has 1 fully saturated rings. The lowest BCUT2D eigenvalue weighted by Crippen LogP contribution is -2.07.